The van der Waals surface area contributed by atoms with Crippen molar-refractivity contribution in [2.45, 2.75) is 0 Å². The van der Waals surface area contributed by atoms with Crippen molar-refractivity contribution >= 4 is 0 Å². The molecule has 1 rings (SSSR count). The lowest BCUT2D eigenvalue weighted by Gasteiger charge is -2.03. The van der Waals surface area contributed by atoms with E-state index in [0.29, 0.717) is 0 Å². The molecule has 0 saturated heterocycles. The zero-order valence-corrected chi connectivity index (χ0v) is 6.13. The van der Waals surface area contributed by atoms with Gasteiger partial charge in [-0.15, -0.1) is 0 Å². The number of benzene rings is 1. The second-order valence-electron chi connectivity index (χ2n) is 1.90. The van der Waals surface area contributed by atoms with E-state index in [-0.39, 0.29) is 12.5 Å². The summed E-state index contributed by atoms with van der Waals surface area (Å²) >= 11 is 0. The molecule has 0 saturated carbocycles. The van der Waals surface area contributed by atoms with Crippen LogP contribution >= 0.6 is 0 Å². The summed E-state index contributed by atoms with van der Waals surface area (Å²) in [4.78, 5) is 0. The maximum atomic E-state index is 12.7. The Hall–Kier alpha value is -1.09. The SMILES string of the molecule is COCOc1[c]cccc1F. The predicted molar refractivity (Wildman–Crippen MR) is 37.7 cm³/mol. The molecular weight excluding hydrogens is 147 g/mol. The van der Waals surface area contributed by atoms with Crippen LogP contribution in [0.1, 0.15) is 0 Å². The highest BCUT2D eigenvalue weighted by molar-refractivity contribution is 5.21. The summed E-state index contributed by atoms with van der Waals surface area (Å²) < 4.78 is 22.1. The molecule has 0 bridgehead atoms. The highest BCUT2D eigenvalue weighted by atomic mass is 19.1. The van der Waals surface area contributed by atoms with Gasteiger partial charge in [0.05, 0.1) is 0 Å². The molecule has 0 amide bonds. The van der Waals surface area contributed by atoms with Crippen molar-refractivity contribution in [1.29, 1.82) is 0 Å². The number of halogens is 1. The topological polar surface area (TPSA) is 18.5 Å². The first kappa shape index (κ1) is 8.01. The summed E-state index contributed by atoms with van der Waals surface area (Å²) in [7, 11) is 1.47. The average Bonchev–Trinajstić information content (AvgIpc) is 2.03. The van der Waals surface area contributed by atoms with Gasteiger partial charge in [0.1, 0.15) is 0 Å². The summed E-state index contributed by atoms with van der Waals surface area (Å²) in [6.45, 7) is 0.0391. The monoisotopic (exact) mass is 155 g/mol. The first-order valence-electron chi connectivity index (χ1n) is 3.12. The molecule has 1 radical (unpaired) electrons. The van der Waals surface area contributed by atoms with Crippen molar-refractivity contribution in [3.63, 3.8) is 0 Å². The fraction of sp³-hybridized carbons (Fsp3) is 0.250. The predicted octanol–water partition coefficient (Wildman–Crippen LogP) is 1.61. The van der Waals surface area contributed by atoms with Crippen LogP contribution < -0.4 is 4.74 Å². The highest BCUT2D eigenvalue weighted by Gasteiger charge is 1.99. The molecule has 0 unspecified atom stereocenters. The third-order valence-corrected chi connectivity index (χ3v) is 1.09. The van der Waals surface area contributed by atoms with Crippen LogP contribution in [0, 0.1) is 11.9 Å². The maximum Gasteiger partial charge on any atom is 0.188 e. The smallest absolute Gasteiger partial charge is 0.188 e. The zero-order chi connectivity index (χ0) is 8.10. The van der Waals surface area contributed by atoms with Gasteiger partial charge in [0.25, 0.3) is 0 Å². The van der Waals surface area contributed by atoms with Gasteiger partial charge in [-0.2, -0.15) is 0 Å². The minimum atomic E-state index is -0.426. The lowest BCUT2D eigenvalue weighted by molar-refractivity contribution is 0.0481. The van der Waals surface area contributed by atoms with Crippen molar-refractivity contribution in [2.24, 2.45) is 0 Å². The van der Waals surface area contributed by atoms with E-state index in [2.05, 4.69) is 10.8 Å². The Kier molecular flexibility index (Phi) is 2.86. The number of para-hydroxylation sites is 1. The Morgan fingerprint density at radius 1 is 1.64 bits per heavy atom. The van der Waals surface area contributed by atoms with Gasteiger partial charge in [-0.05, 0) is 6.07 Å². The van der Waals surface area contributed by atoms with Gasteiger partial charge in [0.2, 0.25) is 0 Å². The van der Waals surface area contributed by atoms with E-state index in [1.165, 1.54) is 13.2 Å². The molecule has 0 N–H and O–H groups in total. The van der Waals surface area contributed by atoms with Gasteiger partial charge in [-0.25, -0.2) is 4.39 Å². The maximum absolute atomic E-state index is 12.7. The molecule has 3 heteroatoms. The average molecular weight is 155 g/mol. The van der Waals surface area contributed by atoms with Crippen LogP contribution in [0.2, 0.25) is 0 Å². The van der Waals surface area contributed by atoms with E-state index in [4.69, 9.17) is 4.74 Å². The number of hydrogen-bond acceptors (Lipinski definition) is 2. The van der Waals surface area contributed by atoms with Crippen LogP contribution in [0.5, 0.6) is 5.75 Å². The Morgan fingerprint density at radius 3 is 3.09 bits per heavy atom. The molecule has 0 spiro atoms. The van der Waals surface area contributed by atoms with Gasteiger partial charge in [0.15, 0.2) is 18.4 Å². The summed E-state index contributed by atoms with van der Waals surface area (Å²) in [5.74, 6) is -0.334. The quantitative estimate of drug-likeness (QED) is 0.617. The fourth-order valence-corrected chi connectivity index (χ4v) is 0.629. The van der Waals surface area contributed by atoms with E-state index in [1.807, 2.05) is 0 Å². The van der Waals surface area contributed by atoms with Crippen molar-refractivity contribution in [1.82, 2.24) is 0 Å². The van der Waals surface area contributed by atoms with E-state index in [9.17, 15) is 4.39 Å². The molecule has 0 aliphatic heterocycles. The van der Waals surface area contributed by atoms with Gasteiger partial charge < -0.3 is 9.47 Å². The molecule has 0 aromatic heterocycles. The Balaban J connectivity index is 2.62. The number of ether oxygens (including phenoxy) is 2. The molecule has 59 valence electrons. The summed E-state index contributed by atoms with van der Waals surface area (Å²) in [6, 6.07) is 7.03. The molecule has 0 aliphatic rings. The van der Waals surface area contributed by atoms with E-state index < -0.39 is 5.82 Å². The fourth-order valence-electron chi connectivity index (χ4n) is 0.629. The van der Waals surface area contributed by atoms with Crippen molar-refractivity contribution in [2.75, 3.05) is 13.9 Å². The largest absolute Gasteiger partial charge is 0.464 e. The van der Waals surface area contributed by atoms with Crippen molar-refractivity contribution in [3.05, 3.63) is 30.1 Å². The van der Waals surface area contributed by atoms with Crippen LogP contribution in [-0.2, 0) is 4.74 Å². The second-order valence-corrected chi connectivity index (χ2v) is 1.90. The van der Waals surface area contributed by atoms with E-state index in [0.717, 1.165) is 0 Å². The molecule has 2 nitrogen and oxygen atoms in total. The Bertz CT molecular complexity index is 225. The van der Waals surface area contributed by atoms with Crippen molar-refractivity contribution in [3.8, 4) is 5.75 Å². The van der Waals surface area contributed by atoms with Gasteiger partial charge in [0, 0.05) is 13.2 Å². The first-order valence-corrected chi connectivity index (χ1v) is 3.12. The Labute approximate surface area is 64.6 Å². The highest BCUT2D eigenvalue weighted by Crippen LogP contribution is 2.13. The van der Waals surface area contributed by atoms with Crippen LogP contribution in [0.15, 0.2) is 18.2 Å². The minimum absolute atomic E-state index is 0.0391. The van der Waals surface area contributed by atoms with E-state index >= 15 is 0 Å². The standard InChI is InChI=1S/C8H8FO2/c1-10-6-11-8-5-3-2-4-7(8)9/h2-4H,6H2,1H3. The normalized spacial score (nSPS) is 9.64. The third kappa shape index (κ3) is 2.20. The Morgan fingerprint density at radius 2 is 2.45 bits per heavy atom. The molecule has 0 heterocycles. The summed E-state index contributed by atoms with van der Waals surface area (Å²) in [5.41, 5.74) is 0. The number of methoxy groups -OCH3 is 1. The van der Waals surface area contributed by atoms with Crippen molar-refractivity contribution < 1.29 is 13.9 Å². The van der Waals surface area contributed by atoms with Gasteiger partial charge in [-0.3, -0.25) is 0 Å². The molecule has 0 aliphatic carbocycles. The number of hydrogen-bond donors (Lipinski definition) is 0. The lowest BCUT2D eigenvalue weighted by Crippen LogP contribution is -2.00. The molecular formula is C8H8FO2. The first-order chi connectivity index (χ1) is 5.34. The van der Waals surface area contributed by atoms with Crippen LogP contribution in [0.25, 0.3) is 0 Å². The lowest BCUT2D eigenvalue weighted by atomic mass is 10.3. The summed E-state index contributed by atoms with van der Waals surface area (Å²) in [5, 5.41) is 0. The van der Waals surface area contributed by atoms with E-state index in [1.54, 1.807) is 12.1 Å². The van der Waals surface area contributed by atoms with Gasteiger partial charge >= 0.3 is 0 Å². The van der Waals surface area contributed by atoms with Crippen LogP contribution in [0.4, 0.5) is 4.39 Å². The van der Waals surface area contributed by atoms with Crippen LogP contribution in [-0.4, -0.2) is 13.9 Å². The molecule has 1 aromatic carbocycles. The summed E-state index contributed by atoms with van der Waals surface area (Å²) in [6.07, 6.45) is 0. The molecule has 0 atom stereocenters. The number of rotatable bonds is 3. The second kappa shape index (κ2) is 3.93. The molecule has 11 heavy (non-hydrogen) atoms. The minimum Gasteiger partial charge on any atom is -0.464 e. The van der Waals surface area contributed by atoms with Gasteiger partial charge in [-0.1, -0.05) is 12.1 Å². The molecule has 0 fully saturated rings. The zero-order valence-electron chi connectivity index (χ0n) is 6.13. The van der Waals surface area contributed by atoms with Crippen LogP contribution in [0.3, 0.4) is 0 Å². The third-order valence-electron chi connectivity index (χ3n) is 1.09. The molecule has 1 aromatic rings.